The Labute approximate surface area is 123 Å². The number of rotatable bonds is 6. The molecule has 0 radical (unpaired) electrons. The van der Waals surface area contributed by atoms with Crippen LogP contribution in [0.4, 0.5) is 5.95 Å². The summed E-state index contributed by atoms with van der Waals surface area (Å²) in [5.41, 5.74) is 2.25. The number of imidazole rings is 1. The highest BCUT2D eigenvalue weighted by molar-refractivity contribution is 5.28. The van der Waals surface area contributed by atoms with E-state index in [0.717, 1.165) is 0 Å². The van der Waals surface area contributed by atoms with Crippen molar-refractivity contribution < 1.29 is 4.74 Å². The van der Waals surface area contributed by atoms with Gasteiger partial charge in [-0.05, 0) is 27.9 Å². The van der Waals surface area contributed by atoms with E-state index in [-0.39, 0.29) is 17.5 Å². The smallest absolute Gasteiger partial charge is 0.323 e. The Morgan fingerprint density at radius 1 is 1.33 bits per heavy atom. The number of aromatic nitrogens is 5. The van der Waals surface area contributed by atoms with Crippen molar-refractivity contribution in [3.05, 3.63) is 18.7 Å². The second-order valence-corrected chi connectivity index (χ2v) is 5.35. The summed E-state index contributed by atoms with van der Waals surface area (Å²) >= 11 is 0. The van der Waals surface area contributed by atoms with Crippen LogP contribution in [0.5, 0.6) is 6.01 Å². The number of hydrogen-bond donors (Lipinski definition) is 2. The molecule has 0 amide bonds. The molecule has 0 fully saturated rings. The molecule has 0 atom stereocenters. The summed E-state index contributed by atoms with van der Waals surface area (Å²) in [5, 5.41) is 0. The van der Waals surface area contributed by atoms with Gasteiger partial charge in [-0.3, -0.25) is 9.99 Å². The lowest BCUT2D eigenvalue weighted by molar-refractivity contribution is 0.107. The summed E-state index contributed by atoms with van der Waals surface area (Å²) in [4.78, 5) is 18.5. The molecule has 0 unspecified atom stereocenters. The summed E-state index contributed by atoms with van der Waals surface area (Å²) in [6.45, 7) is 4.55. The number of nitrogen functional groups attached to an aromatic ring is 1. The number of anilines is 1. The number of ether oxygens (including phenoxy) is 1. The second kappa shape index (κ2) is 6.02. The first kappa shape index (κ1) is 15.1. The van der Waals surface area contributed by atoms with Crippen molar-refractivity contribution in [3.8, 4) is 12.0 Å². The summed E-state index contributed by atoms with van der Waals surface area (Å²) < 4.78 is 7.33. The molecule has 21 heavy (non-hydrogen) atoms. The van der Waals surface area contributed by atoms with Crippen molar-refractivity contribution in [1.29, 1.82) is 0 Å². The van der Waals surface area contributed by atoms with Gasteiger partial charge in [0, 0.05) is 17.9 Å². The van der Waals surface area contributed by atoms with Crippen LogP contribution in [-0.4, -0.2) is 55.6 Å². The van der Waals surface area contributed by atoms with E-state index >= 15 is 0 Å². The van der Waals surface area contributed by atoms with Gasteiger partial charge in [0.2, 0.25) is 11.9 Å². The molecule has 0 aromatic carbocycles. The molecule has 0 saturated carbocycles. The number of hydrazine groups is 1. The third kappa shape index (κ3) is 3.64. The number of hydrogen-bond acceptors (Lipinski definition) is 8. The predicted octanol–water partition coefficient (Wildman–Crippen LogP) is 0.0619. The monoisotopic (exact) mass is 292 g/mol. The van der Waals surface area contributed by atoms with Crippen LogP contribution in [0, 0.1) is 0 Å². The number of nitrogens with two attached hydrogens (primary N) is 1. The molecule has 0 aliphatic heterocycles. The maximum absolute atomic E-state index is 5.68. The molecule has 9 nitrogen and oxygen atoms in total. The molecule has 9 heteroatoms. The Balaban J connectivity index is 2.22. The van der Waals surface area contributed by atoms with E-state index in [1.807, 2.05) is 14.1 Å². The lowest BCUT2D eigenvalue weighted by Gasteiger charge is -2.31. The lowest BCUT2D eigenvalue weighted by atomic mass is 10.1. The minimum absolute atomic E-state index is 0.155. The molecule has 2 heterocycles. The first-order valence-electron chi connectivity index (χ1n) is 6.43. The second-order valence-electron chi connectivity index (χ2n) is 5.35. The molecule has 114 valence electrons. The van der Waals surface area contributed by atoms with Gasteiger partial charge in [-0.15, -0.1) is 0 Å². The van der Waals surface area contributed by atoms with Crippen molar-refractivity contribution in [2.24, 2.45) is 5.84 Å². The summed E-state index contributed by atoms with van der Waals surface area (Å²) in [6.07, 6.45) is 4.95. The minimum atomic E-state index is -0.155. The average Bonchev–Trinajstić information content (AvgIpc) is 2.99. The third-order valence-corrected chi connectivity index (χ3v) is 3.23. The number of nitrogens with one attached hydrogen (secondary N) is 1. The van der Waals surface area contributed by atoms with Gasteiger partial charge in [0.05, 0.1) is 0 Å². The maximum Gasteiger partial charge on any atom is 0.323 e. The third-order valence-electron chi connectivity index (χ3n) is 3.23. The molecular formula is C12H20N8O. The summed E-state index contributed by atoms with van der Waals surface area (Å²) in [5.74, 6) is 5.99. The van der Waals surface area contributed by atoms with E-state index in [4.69, 9.17) is 10.6 Å². The predicted molar refractivity (Wildman–Crippen MR) is 78.0 cm³/mol. The zero-order valence-corrected chi connectivity index (χ0v) is 12.6. The fraction of sp³-hybridized carbons (Fsp3) is 0.500. The van der Waals surface area contributed by atoms with Crippen LogP contribution in [0.25, 0.3) is 5.95 Å². The van der Waals surface area contributed by atoms with Crippen LogP contribution in [0.3, 0.4) is 0 Å². The van der Waals surface area contributed by atoms with Crippen LogP contribution in [0.15, 0.2) is 18.7 Å². The van der Waals surface area contributed by atoms with Crippen molar-refractivity contribution in [2.75, 3.05) is 26.1 Å². The number of nitrogens with zero attached hydrogens (tertiary/aromatic N) is 6. The van der Waals surface area contributed by atoms with Crippen LogP contribution in [-0.2, 0) is 0 Å². The zero-order chi connectivity index (χ0) is 15.5. The zero-order valence-electron chi connectivity index (χ0n) is 12.6. The minimum Gasteiger partial charge on any atom is -0.461 e. The van der Waals surface area contributed by atoms with Gasteiger partial charge >= 0.3 is 6.01 Å². The first-order chi connectivity index (χ1) is 9.92. The van der Waals surface area contributed by atoms with E-state index < -0.39 is 0 Å². The fourth-order valence-corrected chi connectivity index (χ4v) is 1.34. The standard InChI is InChI=1S/C12H20N8O/c1-12(2,19(3)4)7-21-11-16-9(18-13)15-10(17-11)20-6-5-14-8-20/h5-6,8H,7,13H2,1-4H3,(H,15,16,17,18). The topological polar surface area (TPSA) is 107 Å². The van der Waals surface area contributed by atoms with Crippen molar-refractivity contribution in [2.45, 2.75) is 19.4 Å². The van der Waals surface area contributed by atoms with Crippen LogP contribution in [0.2, 0.25) is 0 Å². The molecule has 0 saturated heterocycles. The van der Waals surface area contributed by atoms with E-state index in [2.05, 4.69) is 44.1 Å². The Bertz CT molecular complexity index is 581. The first-order valence-corrected chi connectivity index (χ1v) is 6.43. The van der Waals surface area contributed by atoms with Crippen LogP contribution in [0.1, 0.15) is 13.8 Å². The maximum atomic E-state index is 5.68. The molecule has 0 aliphatic carbocycles. The lowest BCUT2D eigenvalue weighted by Crippen LogP contribution is -2.43. The summed E-state index contributed by atoms with van der Waals surface area (Å²) in [7, 11) is 3.97. The molecule has 2 rings (SSSR count). The average molecular weight is 292 g/mol. The van der Waals surface area contributed by atoms with Gasteiger partial charge in [-0.25, -0.2) is 10.8 Å². The van der Waals surface area contributed by atoms with Crippen LogP contribution < -0.4 is 16.0 Å². The Morgan fingerprint density at radius 2 is 2.10 bits per heavy atom. The normalized spacial score (nSPS) is 11.7. The van der Waals surface area contributed by atoms with Gasteiger partial charge in [0.15, 0.2) is 0 Å². The van der Waals surface area contributed by atoms with Crippen LogP contribution >= 0.6 is 0 Å². The fourth-order valence-electron chi connectivity index (χ4n) is 1.34. The van der Waals surface area contributed by atoms with Gasteiger partial charge in [0.25, 0.3) is 0 Å². The van der Waals surface area contributed by atoms with Gasteiger partial charge in [0.1, 0.15) is 12.9 Å². The highest BCUT2D eigenvalue weighted by Crippen LogP contribution is 2.14. The van der Waals surface area contributed by atoms with E-state index in [1.54, 1.807) is 23.3 Å². The van der Waals surface area contributed by atoms with Crippen molar-refractivity contribution >= 4 is 5.95 Å². The summed E-state index contributed by atoms with van der Waals surface area (Å²) in [6, 6.07) is 0.205. The largest absolute Gasteiger partial charge is 0.461 e. The van der Waals surface area contributed by atoms with Gasteiger partial charge < -0.3 is 9.64 Å². The molecule has 0 spiro atoms. The van der Waals surface area contributed by atoms with Gasteiger partial charge in [-0.1, -0.05) is 0 Å². The molecular weight excluding hydrogens is 272 g/mol. The number of likely N-dealkylation sites (N-methyl/N-ethyl adjacent to an activating group) is 1. The van der Waals surface area contributed by atoms with Crippen molar-refractivity contribution in [3.63, 3.8) is 0 Å². The molecule has 0 bridgehead atoms. The molecule has 0 aliphatic rings. The highest BCUT2D eigenvalue weighted by atomic mass is 16.5. The molecule has 3 N–H and O–H groups in total. The quantitative estimate of drug-likeness (QED) is 0.568. The molecule has 2 aromatic heterocycles. The Kier molecular flexibility index (Phi) is 4.34. The van der Waals surface area contributed by atoms with Crippen molar-refractivity contribution in [1.82, 2.24) is 29.4 Å². The van der Waals surface area contributed by atoms with Gasteiger partial charge in [-0.2, -0.15) is 15.0 Å². The highest BCUT2D eigenvalue weighted by Gasteiger charge is 2.22. The Morgan fingerprint density at radius 3 is 2.67 bits per heavy atom. The van der Waals surface area contributed by atoms with E-state index in [1.165, 1.54) is 0 Å². The molecule has 2 aromatic rings. The van der Waals surface area contributed by atoms with E-state index in [0.29, 0.717) is 12.6 Å². The Hall–Kier alpha value is -2.26. The van der Waals surface area contributed by atoms with E-state index in [9.17, 15) is 0 Å². The SMILES string of the molecule is CN(C)C(C)(C)COc1nc(NN)nc(-n2ccnc2)n1.